The molecule has 2 aromatic rings. The number of carbonyl (C=O) groups is 1. The standard InChI is InChI=1S/C13H15N5O4/c14-12-11(17-22-18-12)13(19)16-4-3-15-6-8-1-2-9-10(5-8)21-7-20-9/h1-2,5,15H,3-4,6-7H2,(H2,14,18)(H,16,19). The molecule has 1 aliphatic rings. The number of amides is 1. The lowest BCUT2D eigenvalue weighted by Gasteiger charge is -2.06. The van der Waals surface area contributed by atoms with E-state index in [-0.39, 0.29) is 18.3 Å². The highest BCUT2D eigenvalue weighted by molar-refractivity contribution is 5.95. The predicted molar refractivity (Wildman–Crippen MR) is 75.3 cm³/mol. The highest BCUT2D eigenvalue weighted by atomic mass is 16.7. The Kier molecular flexibility index (Phi) is 4.05. The molecule has 0 fully saturated rings. The van der Waals surface area contributed by atoms with Gasteiger partial charge >= 0.3 is 0 Å². The van der Waals surface area contributed by atoms with Gasteiger partial charge in [-0.3, -0.25) is 4.79 Å². The zero-order valence-electron chi connectivity index (χ0n) is 11.7. The molecule has 0 radical (unpaired) electrons. The highest BCUT2D eigenvalue weighted by Gasteiger charge is 2.15. The van der Waals surface area contributed by atoms with Crippen LogP contribution in [0, 0.1) is 0 Å². The molecule has 22 heavy (non-hydrogen) atoms. The Morgan fingerprint density at radius 1 is 1.23 bits per heavy atom. The lowest BCUT2D eigenvalue weighted by atomic mass is 10.2. The fourth-order valence-electron chi connectivity index (χ4n) is 1.98. The number of hydrogen-bond acceptors (Lipinski definition) is 8. The number of rotatable bonds is 6. The molecule has 1 aromatic heterocycles. The number of anilines is 1. The number of nitrogen functional groups attached to an aromatic ring is 1. The molecule has 0 bridgehead atoms. The van der Waals surface area contributed by atoms with E-state index in [2.05, 4.69) is 25.6 Å². The van der Waals surface area contributed by atoms with Gasteiger partial charge in [0.25, 0.3) is 5.91 Å². The number of nitrogens with zero attached hydrogens (tertiary/aromatic N) is 2. The van der Waals surface area contributed by atoms with Gasteiger partial charge in [-0.15, -0.1) is 0 Å². The average Bonchev–Trinajstić information content (AvgIpc) is 3.14. The molecule has 116 valence electrons. The van der Waals surface area contributed by atoms with Crippen molar-refractivity contribution in [3.05, 3.63) is 29.5 Å². The molecule has 0 unspecified atom stereocenters. The lowest BCUT2D eigenvalue weighted by Crippen LogP contribution is -2.32. The number of benzene rings is 1. The average molecular weight is 305 g/mol. The fraction of sp³-hybridized carbons (Fsp3) is 0.308. The van der Waals surface area contributed by atoms with Gasteiger partial charge < -0.3 is 25.8 Å². The van der Waals surface area contributed by atoms with Crippen molar-refractivity contribution in [1.29, 1.82) is 0 Å². The monoisotopic (exact) mass is 305 g/mol. The second kappa shape index (κ2) is 6.31. The molecule has 9 nitrogen and oxygen atoms in total. The maximum atomic E-state index is 11.7. The summed E-state index contributed by atoms with van der Waals surface area (Å²) < 4.78 is 14.9. The minimum Gasteiger partial charge on any atom is -0.454 e. The van der Waals surface area contributed by atoms with Crippen LogP contribution in [0.4, 0.5) is 5.82 Å². The summed E-state index contributed by atoms with van der Waals surface area (Å²) in [5.74, 6) is 1.07. The summed E-state index contributed by atoms with van der Waals surface area (Å²) in [5.41, 5.74) is 6.49. The van der Waals surface area contributed by atoms with Gasteiger partial charge in [-0.2, -0.15) is 0 Å². The molecule has 1 amide bonds. The normalized spacial score (nSPS) is 12.4. The Labute approximate surface area is 125 Å². The molecule has 1 aliphatic heterocycles. The fourth-order valence-corrected chi connectivity index (χ4v) is 1.98. The largest absolute Gasteiger partial charge is 0.454 e. The van der Waals surface area contributed by atoms with Gasteiger partial charge in [0.05, 0.1) is 0 Å². The van der Waals surface area contributed by atoms with Crippen molar-refractivity contribution in [2.45, 2.75) is 6.54 Å². The predicted octanol–water partition coefficient (Wildman–Crippen LogP) is -0.0999. The first-order valence-electron chi connectivity index (χ1n) is 6.69. The number of nitrogens with one attached hydrogen (secondary N) is 2. The van der Waals surface area contributed by atoms with E-state index in [1.807, 2.05) is 18.2 Å². The van der Waals surface area contributed by atoms with E-state index in [0.717, 1.165) is 17.1 Å². The summed E-state index contributed by atoms with van der Waals surface area (Å²) in [6, 6.07) is 5.76. The van der Waals surface area contributed by atoms with Crippen molar-refractivity contribution in [3.8, 4) is 11.5 Å². The maximum absolute atomic E-state index is 11.7. The third-order valence-corrected chi connectivity index (χ3v) is 3.08. The van der Waals surface area contributed by atoms with E-state index in [4.69, 9.17) is 15.2 Å². The third kappa shape index (κ3) is 3.09. The SMILES string of the molecule is Nc1nonc1C(=O)NCCNCc1ccc2c(c1)OCO2. The first-order chi connectivity index (χ1) is 10.7. The van der Waals surface area contributed by atoms with Crippen molar-refractivity contribution in [1.82, 2.24) is 20.9 Å². The molecule has 0 saturated heterocycles. The van der Waals surface area contributed by atoms with Crippen molar-refractivity contribution in [2.75, 3.05) is 25.6 Å². The third-order valence-electron chi connectivity index (χ3n) is 3.08. The van der Waals surface area contributed by atoms with Crippen molar-refractivity contribution in [3.63, 3.8) is 0 Å². The van der Waals surface area contributed by atoms with Gasteiger partial charge in [0, 0.05) is 19.6 Å². The molecule has 1 aromatic carbocycles. The van der Waals surface area contributed by atoms with Crippen LogP contribution in [0.1, 0.15) is 16.1 Å². The Hall–Kier alpha value is -2.81. The van der Waals surface area contributed by atoms with Crippen molar-refractivity contribution >= 4 is 11.7 Å². The summed E-state index contributed by atoms with van der Waals surface area (Å²) >= 11 is 0. The summed E-state index contributed by atoms with van der Waals surface area (Å²) in [6.45, 7) is 1.93. The molecule has 0 spiro atoms. The van der Waals surface area contributed by atoms with Gasteiger partial charge in [-0.1, -0.05) is 6.07 Å². The first-order valence-corrected chi connectivity index (χ1v) is 6.69. The summed E-state index contributed by atoms with van der Waals surface area (Å²) in [6.07, 6.45) is 0. The quantitative estimate of drug-likeness (QED) is 0.632. The second-order valence-corrected chi connectivity index (χ2v) is 4.62. The molecular weight excluding hydrogens is 290 g/mol. The van der Waals surface area contributed by atoms with Crippen LogP contribution in [0.5, 0.6) is 11.5 Å². The molecule has 0 aliphatic carbocycles. The number of carbonyl (C=O) groups excluding carboxylic acids is 1. The van der Waals surface area contributed by atoms with Crippen LogP contribution in [-0.4, -0.2) is 36.1 Å². The summed E-state index contributed by atoms with van der Waals surface area (Å²) in [7, 11) is 0. The lowest BCUT2D eigenvalue weighted by molar-refractivity contribution is 0.0944. The topological polar surface area (TPSA) is 125 Å². The van der Waals surface area contributed by atoms with Crippen LogP contribution >= 0.6 is 0 Å². The second-order valence-electron chi connectivity index (χ2n) is 4.62. The zero-order valence-corrected chi connectivity index (χ0v) is 11.7. The minimum absolute atomic E-state index is 0.00392. The zero-order chi connectivity index (χ0) is 15.4. The highest BCUT2D eigenvalue weighted by Crippen LogP contribution is 2.32. The molecular formula is C13H15N5O4. The van der Waals surface area contributed by atoms with Crippen LogP contribution in [0.3, 0.4) is 0 Å². The molecule has 0 saturated carbocycles. The van der Waals surface area contributed by atoms with Gasteiger partial charge in [0.1, 0.15) is 0 Å². The Morgan fingerprint density at radius 2 is 2.09 bits per heavy atom. The smallest absolute Gasteiger partial charge is 0.277 e. The van der Waals surface area contributed by atoms with E-state index in [0.29, 0.717) is 19.6 Å². The van der Waals surface area contributed by atoms with E-state index in [9.17, 15) is 4.79 Å². The van der Waals surface area contributed by atoms with Crippen LogP contribution < -0.4 is 25.8 Å². The van der Waals surface area contributed by atoms with E-state index in [1.165, 1.54) is 0 Å². The van der Waals surface area contributed by atoms with Gasteiger partial charge in [-0.25, -0.2) is 4.63 Å². The Balaban J connectivity index is 1.39. The van der Waals surface area contributed by atoms with Crippen LogP contribution in [0.2, 0.25) is 0 Å². The number of fused-ring (bicyclic) bond motifs is 1. The first kappa shape index (κ1) is 14.1. The molecule has 4 N–H and O–H groups in total. The van der Waals surface area contributed by atoms with Crippen LogP contribution in [0.25, 0.3) is 0 Å². The van der Waals surface area contributed by atoms with Gasteiger partial charge in [0.2, 0.25) is 18.3 Å². The van der Waals surface area contributed by atoms with Crippen molar-refractivity contribution in [2.24, 2.45) is 0 Å². The van der Waals surface area contributed by atoms with Crippen molar-refractivity contribution < 1.29 is 18.9 Å². The maximum Gasteiger partial charge on any atom is 0.277 e. The molecule has 3 rings (SSSR count). The number of ether oxygens (including phenoxy) is 2. The number of hydrogen-bond donors (Lipinski definition) is 3. The summed E-state index contributed by atoms with van der Waals surface area (Å²) in [5, 5.41) is 12.6. The van der Waals surface area contributed by atoms with Crippen LogP contribution in [0.15, 0.2) is 22.8 Å². The summed E-state index contributed by atoms with van der Waals surface area (Å²) in [4.78, 5) is 11.7. The van der Waals surface area contributed by atoms with E-state index >= 15 is 0 Å². The van der Waals surface area contributed by atoms with Gasteiger partial charge in [-0.05, 0) is 28.0 Å². The Morgan fingerprint density at radius 3 is 2.91 bits per heavy atom. The molecule has 0 atom stereocenters. The van der Waals surface area contributed by atoms with Gasteiger partial charge in [0.15, 0.2) is 11.5 Å². The number of nitrogens with two attached hydrogens (primary N) is 1. The van der Waals surface area contributed by atoms with Crippen LogP contribution in [-0.2, 0) is 6.54 Å². The van der Waals surface area contributed by atoms with E-state index in [1.54, 1.807) is 0 Å². The van der Waals surface area contributed by atoms with E-state index < -0.39 is 5.91 Å². The Bertz CT molecular complexity index is 672. The molecule has 9 heteroatoms. The number of aromatic nitrogens is 2. The molecule has 2 heterocycles. The minimum atomic E-state index is -0.413.